The molecule has 0 aliphatic heterocycles. The van der Waals surface area contributed by atoms with Crippen molar-refractivity contribution in [3.63, 3.8) is 0 Å². The first-order valence-corrected chi connectivity index (χ1v) is 21.6. The maximum Gasteiger partial charge on any atom is 0.115 e. The number of aromatic nitrogens is 2. The summed E-state index contributed by atoms with van der Waals surface area (Å²) < 4.78 is 0. The predicted molar refractivity (Wildman–Crippen MR) is 268 cm³/mol. The van der Waals surface area contributed by atoms with Gasteiger partial charge >= 0.3 is 0 Å². The highest BCUT2D eigenvalue weighted by Gasteiger charge is 2.28. The van der Waals surface area contributed by atoms with Gasteiger partial charge in [-0.2, -0.15) is 0 Å². The Morgan fingerprint density at radius 2 is 0.422 bits per heavy atom. The SMILES string of the molecule is Cc1c(C)c(N(c2ccccc2)c2ccc(N(c3ccccc3)c3ccccc3)cc2)c2nccnc2c1N(c1ccccc1)c1ccc(N(c2ccccc2)c2ccccc2)cc1. The first kappa shape index (κ1) is 39.6. The summed E-state index contributed by atoms with van der Waals surface area (Å²) in [4.78, 5) is 19.6. The second-order valence-electron chi connectivity index (χ2n) is 15.6. The fourth-order valence-corrected chi connectivity index (χ4v) is 8.62. The molecule has 0 atom stereocenters. The topological polar surface area (TPSA) is 38.7 Å². The standard InChI is InChI=1S/C58H46N6/c1-43-44(2)58(64(50-31-19-8-20-32-50)54-39-35-52(36-40-54)62(47-25-13-5-14-26-47)48-27-15-6-16-28-48)56-55(59-41-42-60-56)57(43)63(49-29-17-7-18-30-49)53-37-33-51(34-38-53)61(45-21-9-3-10-22-45)46-23-11-4-12-24-46/h3-42H,1-2H3. The number of nitrogens with zero attached hydrogens (tertiary/aromatic N) is 6. The minimum absolute atomic E-state index is 0.806. The van der Waals surface area contributed by atoms with Gasteiger partial charge in [-0.15, -0.1) is 0 Å². The van der Waals surface area contributed by atoms with E-state index in [1.54, 1.807) is 12.4 Å². The van der Waals surface area contributed by atoms with Gasteiger partial charge in [-0.25, -0.2) is 0 Å². The van der Waals surface area contributed by atoms with E-state index in [4.69, 9.17) is 9.97 Å². The second-order valence-corrected chi connectivity index (χ2v) is 15.6. The summed E-state index contributed by atoms with van der Waals surface area (Å²) in [6.07, 6.45) is 3.61. The molecule has 0 saturated heterocycles. The van der Waals surface area contributed by atoms with Crippen LogP contribution >= 0.6 is 0 Å². The van der Waals surface area contributed by atoms with Crippen molar-refractivity contribution >= 4 is 79.3 Å². The number of hydrogen-bond acceptors (Lipinski definition) is 6. The molecule has 0 N–H and O–H groups in total. The van der Waals surface area contributed by atoms with E-state index in [1.165, 1.54) is 0 Å². The second kappa shape index (κ2) is 17.9. The van der Waals surface area contributed by atoms with Gasteiger partial charge in [-0.1, -0.05) is 109 Å². The minimum atomic E-state index is 0.806. The lowest BCUT2D eigenvalue weighted by Crippen LogP contribution is -2.18. The fourth-order valence-electron chi connectivity index (χ4n) is 8.62. The minimum Gasteiger partial charge on any atom is -0.311 e. The zero-order chi connectivity index (χ0) is 43.2. The van der Waals surface area contributed by atoms with Crippen molar-refractivity contribution in [2.45, 2.75) is 13.8 Å². The predicted octanol–water partition coefficient (Wildman–Crippen LogP) is 16.1. The van der Waals surface area contributed by atoms with E-state index in [0.29, 0.717) is 0 Å². The number of hydrogen-bond donors (Lipinski definition) is 0. The largest absolute Gasteiger partial charge is 0.311 e. The maximum atomic E-state index is 5.17. The van der Waals surface area contributed by atoms with Crippen molar-refractivity contribution in [2.75, 3.05) is 19.6 Å². The first-order chi connectivity index (χ1) is 31.6. The lowest BCUT2D eigenvalue weighted by Gasteiger charge is -2.33. The Morgan fingerprint density at radius 1 is 0.234 bits per heavy atom. The molecule has 6 nitrogen and oxygen atoms in total. The molecule has 308 valence electrons. The molecule has 0 spiro atoms. The van der Waals surface area contributed by atoms with Gasteiger partial charge in [0.2, 0.25) is 0 Å². The van der Waals surface area contributed by atoms with E-state index in [9.17, 15) is 0 Å². The Morgan fingerprint density at radius 3 is 0.656 bits per heavy atom. The number of para-hydroxylation sites is 6. The fraction of sp³-hybridized carbons (Fsp3) is 0.0345. The monoisotopic (exact) mass is 826 g/mol. The van der Waals surface area contributed by atoms with E-state index in [-0.39, 0.29) is 0 Å². The summed E-state index contributed by atoms with van der Waals surface area (Å²) in [7, 11) is 0. The van der Waals surface area contributed by atoms with Gasteiger partial charge in [0.15, 0.2) is 0 Å². The van der Waals surface area contributed by atoms with Gasteiger partial charge in [-0.3, -0.25) is 9.97 Å². The Labute approximate surface area is 375 Å². The van der Waals surface area contributed by atoms with Crippen LogP contribution in [-0.2, 0) is 0 Å². The van der Waals surface area contributed by atoms with Gasteiger partial charge in [0.05, 0.1) is 11.4 Å². The molecule has 64 heavy (non-hydrogen) atoms. The molecule has 0 aliphatic rings. The van der Waals surface area contributed by atoms with Crippen molar-refractivity contribution in [1.82, 2.24) is 9.97 Å². The van der Waals surface area contributed by atoms with E-state index in [2.05, 4.69) is 264 Å². The van der Waals surface area contributed by atoms with Crippen molar-refractivity contribution in [2.24, 2.45) is 0 Å². The summed E-state index contributed by atoms with van der Waals surface area (Å²) in [5.41, 5.74) is 16.3. The molecular weight excluding hydrogens is 781 g/mol. The third kappa shape index (κ3) is 7.69. The molecule has 0 radical (unpaired) electrons. The smallest absolute Gasteiger partial charge is 0.115 e. The molecular formula is C58H46N6. The number of rotatable bonds is 12. The molecule has 0 unspecified atom stereocenters. The van der Waals surface area contributed by atoms with E-state index < -0.39 is 0 Å². The van der Waals surface area contributed by atoms with Crippen molar-refractivity contribution in [3.05, 3.63) is 254 Å². The van der Waals surface area contributed by atoms with E-state index in [0.717, 1.165) is 90.4 Å². The Balaban J connectivity index is 1.12. The lowest BCUT2D eigenvalue weighted by molar-refractivity contribution is 1.17. The van der Waals surface area contributed by atoms with Crippen LogP contribution < -0.4 is 19.6 Å². The molecule has 10 aromatic rings. The molecule has 9 aromatic carbocycles. The van der Waals surface area contributed by atoms with Crippen molar-refractivity contribution in [1.29, 1.82) is 0 Å². The average Bonchev–Trinajstić information content (AvgIpc) is 3.37. The molecule has 0 aliphatic carbocycles. The molecule has 0 saturated carbocycles. The summed E-state index contributed by atoms with van der Waals surface area (Å²) in [5, 5.41) is 0. The quantitative estimate of drug-likeness (QED) is 0.122. The lowest BCUT2D eigenvalue weighted by atomic mass is 9.99. The molecule has 6 heteroatoms. The van der Waals surface area contributed by atoms with Crippen LogP contribution in [0.1, 0.15) is 11.1 Å². The third-order valence-electron chi connectivity index (χ3n) is 11.7. The maximum absolute atomic E-state index is 5.17. The van der Waals surface area contributed by atoms with Crippen LogP contribution in [0.5, 0.6) is 0 Å². The molecule has 1 heterocycles. The van der Waals surface area contributed by atoms with Gasteiger partial charge in [0, 0.05) is 69.3 Å². The van der Waals surface area contributed by atoms with Gasteiger partial charge < -0.3 is 19.6 Å². The summed E-state index contributed by atoms with van der Waals surface area (Å²) in [6.45, 7) is 4.42. The van der Waals surface area contributed by atoms with Gasteiger partial charge in [-0.05, 0) is 146 Å². The Hall–Kier alpha value is -8.48. The van der Waals surface area contributed by atoms with Crippen LogP contribution in [-0.4, -0.2) is 9.97 Å². The Bertz CT molecular complexity index is 2800. The molecule has 0 bridgehead atoms. The van der Waals surface area contributed by atoms with Crippen LogP contribution in [0, 0.1) is 13.8 Å². The van der Waals surface area contributed by atoms with E-state index >= 15 is 0 Å². The summed E-state index contributed by atoms with van der Waals surface area (Å²) in [5.74, 6) is 0. The van der Waals surface area contributed by atoms with Crippen LogP contribution in [0.3, 0.4) is 0 Å². The third-order valence-corrected chi connectivity index (χ3v) is 11.7. The van der Waals surface area contributed by atoms with Gasteiger partial charge in [0.25, 0.3) is 0 Å². The average molecular weight is 827 g/mol. The highest BCUT2D eigenvalue weighted by molar-refractivity contribution is 6.06. The molecule has 0 fully saturated rings. The van der Waals surface area contributed by atoms with Crippen molar-refractivity contribution < 1.29 is 0 Å². The molecule has 10 rings (SSSR count). The van der Waals surface area contributed by atoms with Crippen LogP contribution in [0.2, 0.25) is 0 Å². The highest BCUT2D eigenvalue weighted by Crippen LogP contribution is 2.49. The highest BCUT2D eigenvalue weighted by atomic mass is 15.2. The zero-order valence-corrected chi connectivity index (χ0v) is 35.8. The van der Waals surface area contributed by atoms with E-state index in [1.807, 2.05) is 0 Å². The number of benzene rings is 9. The van der Waals surface area contributed by atoms with Crippen LogP contribution in [0.15, 0.2) is 243 Å². The zero-order valence-electron chi connectivity index (χ0n) is 35.8. The first-order valence-electron chi connectivity index (χ1n) is 21.6. The normalized spacial score (nSPS) is 11.0. The summed E-state index contributed by atoms with van der Waals surface area (Å²) >= 11 is 0. The molecule has 1 aromatic heterocycles. The van der Waals surface area contributed by atoms with Crippen LogP contribution in [0.25, 0.3) is 11.0 Å². The van der Waals surface area contributed by atoms with Gasteiger partial charge in [0.1, 0.15) is 11.0 Å². The number of fused-ring (bicyclic) bond motifs is 1. The number of anilines is 12. The molecule has 0 amide bonds. The van der Waals surface area contributed by atoms with Crippen LogP contribution in [0.4, 0.5) is 68.2 Å². The Kier molecular flexibility index (Phi) is 11.1. The van der Waals surface area contributed by atoms with Crippen molar-refractivity contribution in [3.8, 4) is 0 Å². The summed E-state index contributed by atoms with van der Waals surface area (Å²) in [6, 6.07) is 80.8.